The Kier molecular flexibility index (Phi) is 23.8. The van der Waals surface area contributed by atoms with E-state index in [0.717, 1.165) is 13.8 Å². The van der Waals surface area contributed by atoms with Gasteiger partial charge in [-0.05, 0) is 25.7 Å². The van der Waals surface area contributed by atoms with Crippen LogP contribution < -0.4 is 0 Å². The van der Waals surface area contributed by atoms with Crippen LogP contribution >= 0.6 is 0 Å². The molecule has 0 aromatic heterocycles. The fourth-order valence-electron chi connectivity index (χ4n) is 0.634. The number of carboxylic acids is 1. The SMILES string of the molecule is CC(=O)C(C(C)=O)C(=O)O.CC(C)CO.CC(C)CO.[Ti]. The Bertz CT molecular complexity index is 248. The molecular weight excluding hydrogens is 312 g/mol. The Morgan fingerprint density at radius 1 is 0.810 bits per heavy atom. The molecule has 0 radical (unpaired) electrons. The van der Waals surface area contributed by atoms with Crippen LogP contribution in [-0.4, -0.2) is 46.1 Å². The molecule has 3 N–H and O–H groups in total. The second-order valence-corrected chi connectivity index (χ2v) is 5.15. The maximum absolute atomic E-state index is 10.4. The topological polar surface area (TPSA) is 112 Å². The Balaban J connectivity index is -0.000000112. The third-order valence-electron chi connectivity index (χ3n) is 1.79. The minimum absolute atomic E-state index is 0. The van der Waals surface area contributed by atoms with Crippen molar-refractivity contribution < 1.29 is 51.4 Å². The molecule has 0 saturated carbocycles. The van der Waals surface area contributed by atoms with E-state index in [2.05, 4.69) is 0 Å². The second-order valence-electron chi connectivity index (χ2n) is 5.15. The summed E-state index contributed by atoms with van der Waals surface area (Å²) in [5, 5.41) is 24.6. The number of aliphatic carboxylic acids is 1. The van der Waals surface area contributed by atoms with Crippen LogP contribution in [0.15, 0.2) is 0 Å². The molecule has 0 aliphatic carbocycles. The van der Waals surface area contributed by atoms with Crippen molar-refractivity contribution in [1.29, 1.82) is 0 Å². The summed E-state index contributed by atoms with van der Waals surface area (Å²) in [7, 11) is 0. The van der Waals surface area contributed by atoms with Gasteiger partial charge in [-0.15, -0.1) is 0 Å². The Morgan fingerprint density at radius 3 is 1.00 bits per heavy atom. The zero-order valence-corrected chi connectivity index (χ0v) is 15.3. The predicted molar refractivity (Wildman–Crippen MR) is 76.3 cm³/mol. The first-order valence-electron chi connectivity index (χ1n) is 6.46. The van der Waals surface area contributed by atoms with E-state index in [9.17, 15) is 14.4 Å². The van der Waals surface area contributed by atoms with E-state index in [-0.39, 0.29) is 21.7 Å². The monoisotopic (exact) mass is 340 g/mol. The first-order chi connectivity index (χ1) is 9.00. The summed E-state index contributed by atoms with van der Waals surface area (Å²) in [6.07, 6.45) is 0. The van der Waals surface area contributed by atoms with E-state index >= 15 is 0 Å². The predicted octanol–water partition coefficient (Wildman–Crippen LogP) is 1.13. The molecule has 0 aliphatic rings. The smallest absolute Gasteiger partial charge is 0.321 e. The molecule has 0 atom stereocenters. The average Bonchev–Trinajstić information content (AvgIpc) is 2.28. The quantitative estimate of drug-likeness (QED) is 0.511. The summed E-state index contributed by atoms with van der Waals surface area (Å²) >= 11 is 0. The molecule has 0 aromatic carbocycles. The molecule has 0 amide bonds. The number of aliphatic hydroxyl groups excluding tert-OH is 2. The standard InChI is InChI=1S/C6H8O4.2C4H10O.Ti/c1-3(7)5(4(2)8)6(9)10;2*1-4(2)3-5;/h5H,1-2H3,(H,9,10);2*4-5H,3H2,1-2H3;. The fraction of sp³-hybridized carbons (Fsp3) is 0.786. The second kappa shape index (κ2) is 17.5. The van der Waals surface area contributed by atoms with Crippen molar-refractivity contribution in [3.05, 3.63) is 0 Å². The first-order valence-corrected chi connectivity index (χ1v) is 6.46. The number of hydrogen-bond donors (Lipinski definition) is 3. The number of carboxylic acid groups (broad SMARTS) is 1. The molecule has 0 fully saturated rings. The van der Waals surface area contributed by atoms with Crippen molar-refractivity contribution in [2.45, 2.75) is 41.5 Å². The zero-order chi connectivity index (χ0) is 16.9. The molecule has 21 heavy (non-hydrogen) atoms. The number of carbonyl (C=O) groups is 3. The molecular formula is C14H28O6Ti. The molecule has 6 nitrogen and oxygen atoms in total. The van der Waals surface area contributed by atoms with Gasteiger partial charge >= 0.3 is 5.97 Å². The van der Waals surface area contributed by atoms with Crippen molar-refractivity contribution in [3.63, 3.8) is 0 Å². The number of ketones is 2. The van der Waals surface area contributed by atoms with Crippen LogP contribution in [0.25, 0.3) is 0 Å². The normalized spacial score (nSPS) is 9.10. The van der Waals surface area contributed by atoms with Gasteiger partial charge in [0.25, 0.3) is 0 Å². The van der Waals surface area contributed by atoms with E-state index in [1.165, 1.54) is 0 Å². The van der Waals surface area contributed by atoms with Gasteiger partial charge in [0.05, 0.1) is 0 Å². The van der Waals surface area contributed by atoms with Gasteiger partial charge in [-0.2, -0.15) is 0 Å². The van der Waals surface area contributed by atoms with Crippen molar-refractivity contribution in [2.75, 3.05) is 13.2 Å². The van der Waals surface area contributed by atoms with Crippen LogP contribution in [0.4, 0.5) is 0 Å². The number of rotatable bonds is 5. The van der Waals surface area contributed by atoms with Crippen LogP contribution in [0.3, 0.4) is 0 Å². The van der Waals surface area contributed by atoms with Crippen LogP contribution in [0.2, 0.25) is 0 Å². The summed E-state index contributed by atoms with van der Waals surface area (Å²) < 4.78 is 0. The summed E-state index contributed by atoms with van der Waals surface area (Å²) in [4.78, 5) is 31.0. The molecule has 0 aliphatic heterocycles. The van der Waals surface area contributed by atoms with Gasteiger partial charge in [-0.25, -0.2) is 0 Å². The van der Waals surface area contributed by atoms with Crippen LogP contribution in [0, 0.1) is 17.8 Å². The molecule has 7 heteroatoms. The van der Waals surface area contributed by atoms with Crippen molar-refractivity contribution in [1.82, 2.24) is 0 Å². The Morgan fingerprint density at radius 2 is 1.00 bits per heavy atom. The van der Waals surface area contributed by atoms with E-state index in [0.29, 0.717) is 25.0 Å². The molecule has 0 rings (SSSR count). The Hall–Kier alpha value is -0.556. The van der Waals surface area contributed by atoms with Gasteiger partial charge in [-0.1, -0.05) is 27.7 Å². The molecule has 0 unspecified atom stereocenters. The summed E-state index contributed by atoms with van der Waals surface area (Å²) in [6, 6.07) is 0. The van der Waals surface area contributed by atoms with Crippen LogP contribution in [0.1, 0.15) is 41.5 Å². The van der Waals surface area contributed by atoms with Gasteiger partial charge in [-0.3, -0.25) is 14.4 Å². The molecule has 0 bridgehead atoms. The largest absolute Gasteiger partial charge is 0.480 e. The zero-order valence-electron chi connectivity index (χ0n) is 13.7. The van der Waals surface area contributed by atoms with E-state index in [1.54, 1.807) is 0 Å². The summed E-state index contributed by atoms with van der Waals surface area (Å²) in [6.45, 7) is 10.7. The molecule has 0 saturated heterocycles. The average molecular weight is 340 g/mol. The van der Waals surface area contributed by atoms with E-state index < -0.39 is 23.5 Å². The van der Waals surface area contributed by atoms with Gasteiger partial charge in [0.2, 0.25) is 0 Å². The fourth-order valence-corrected chi connectivity index (χ4v) is 0.634. The van der Waals surface area contributed by atoms with Gasteiger partial charge in [0, 0.05) is 34.9 Å². The minimum atomic E-state index is -1.47. The summed E-state index contributed by atoms with van der Waals surface area (Å²) in [5.74, 6) is -3.22. The third-order valence-corrected chi connectivity index (χ3v) is 1.79. The van der Waals surface area contributed by atoms with Crippen LogP contribution in [0.5, 0.6) is 0 Å². The van der Waals surface area contributed by atoms with Crippen molar-refractivity contribution in [3.8, 4) is 0 Å². The maximum Gasteiger partial charge on any atom is 0.321 e. The van der Waals surface area contributed by atoms with E-state index in [1.807, 2.05) is 27.7 Å². The molecule has 0 aromatic rings. The van der Waals surface area contributed by atoms with Crippen molar-refractivity contribution >= 4 is 17.5 Å². The summed E-state index contributed by atoms with van der Waals surface area (Å²) in [5.41, 5.74) is 0. The first kappa shape index (κ1) is 28.6. The number of hydrogen-bond acceptors (Lipinski definition) is 5. The molecule has 0 spiro atoms. The minimum Gasteiger partial charge on any atom is -0.480 e. The van der Waals surface area contributed by atoms with Gasteiger partial charge in [0.1, 0.15) is 0 Å². The number of aliphatic hydroxyl groups is 2. The van der Waals surface area contributed by atoms with Crippen molar-refractivity contribution in [2.24, 2.45) is 17.8 Å². The molecule has 124 valence electrons. The molecule has 0 heterocycles. The van der Waals surface area contributed by atoms with E-state index in [4.69, 9.17) is 15.3 Å². The maximum atomic E-state index is 10.4. The number of Topliss-reactive ketones (excluding diaryl/α,β-unsaturated/α-hetero) is 2. The number of carbonyl (C=O) groups excluding carboxylic acids is 2. The third kappa shape index (κ3) is 24.8. The Labute approximate surface area is 141 Å². The van der Waals surface area contributed by atoms with Crippen LogP contribution in [-0.2, 0) is 36.1 Å². The van der Waals surface area contributed by atoms with Gasteiger partial charge < -0.3 is 15.3 Å². The van der Waals surface area contributed by atoms with Gasteiger partial charge in [0.15, 0.2) is 17.5 Å².